The van der Waals surface area contributed by atoms with Gasteiger partial charge in [-0.25, -0.2) is 4.98 Å². The number of hydrogen-bond acceptors (Lipinski definition) is 5. The average Bonchev–Trinajstić information content (AvgIpc) is 3.30. The Hall–Kier alpha value is -1.39. The maximum Gasteiger partial charge on any atom is 0.191 e. The minimum Gasteiger partial charge on any atom is -0.493 e. The minimum atomic E-state index is 0. The Balaban J connectivity index is 0.00000300. The maximum atomic E-state index is 6.13. The summed E-state index contributed by atoms with van der Waals surface area (Å²) in [5.41, 5.74) is 3.40. The standard InChI is InChI=1S/C21H30N4O2S.HI/c1-14-5-6-18(19(9-14)27-13-17-7-8-26-12-17)10-23-21(22-4)24-11-20-15(2)25-16(3)28-20;/h5-6,9,17H,7-8,10-13H2,1-4H3,(H2,22,23,24);1H. The van der Waals surface area contributed by atoms with Crippen LogP contribution in [0.2, 0.25) is 0 Å². The van der Waals surface area contributed by atoms with Crippen molar-refractivity contribution in [2.75, 3.05) is 26.9 Å². The maximum absolute atomic E-state index is 6.13. The van der Waals surface area contributed by atoms with Crippen LogP contribution in [0, 0.1) is 26.7 Å². The summed E-state index contributed by atoms with van der Waals surface area (Å²) < 4.78 is 11.6. The van der Waals surface area contributed by atoms with Crippen LogP contribution in [0.4, 0.5) is 0 Å². The number of ether oxygens (including phenoxy) is 2. The summed E-state index contributed by atoms with van der Waals surface area (Å²) in [6.07, 6.45) is 1.08. The first-order valence-corrected chi connectivity index (χ1v) is 10.5. The number of benzene rings is 1. The molecule has 6 nitrogen and oxygen atoms in total. The molecule has 2 aromatic rings. The van der Waals surface area contributed by atoms with Gasteiger partial charge in [-0.2, -0.15) is 0 Å². The van der Waals surface area contributed by atoms with Gasteiger partial charge in [-0.05, 0) is 38.8 Å². The van der Waals surface area contributed by atoms with Crippen LogP contribution in [-0.4, -0.2) is 37.8 Å². The van der Waals surface area contributed by atoms with Crippen molar-refractivity contribution in [3.8, 4) is 5.75 Å². The highest BCUT2D eigenvalue weighted by Crippen LogP contribution is 2.23. The van der Waals surface area contributed by atoms with Crippen molar-refractivity contribution in [2.45, 2.75) is 40.3 Å². The molecule has 1 atom stereocenters. The van der Waals surface area contributed by atoms with Crippen LogP contribution in [0.5, 0.6) is 5.75 Å². The quantitative estimate of drug-likeness (QED) is 0.322. The fourth-order valence-electron chi connectivity index (χ4n) is 3.17. The molecule has 160 valence electrons. The van der Waals surface area contributed by atoms with Crippen molar-refractivity contribution >= 4 is 41.3 Å². The lowest BCUT2D eigenvalue weighted by molar-refractivity contribution is 0.166. The van der Waals surface area contributed by atoms with E-state index in [1.54, 1.807) is 18.4 Å². The average molecular weight is 530 g/mol. The number of nitrogens with one attached hydrogen (secondary N) is 2. The van der Waals surface area contributed by atoms with Crippen LogP contribution in [0.3, 0.4) is 0 Å². The summed E-state index contributed by atoms with van der Waals surface area (Å²) in [6, 6.07) is 6.33. The highest BCUT2D eigenvalue weighted by Gasteiger charge is 2.17. The van der Waals surface area contributed by atoms with Crippen molar-refractivity contribution in [1.82, 2.24) is 15.6 Å². The number of halogens is 1. The van der Waals surface area contributed by atoms with Crippen LogP contribution < -0.4 is 15.4 Å². The van der Waals surface area contributed by atoms with E-state index in [1.807, 2.05) is 13.8 Å². The second-order valence-corrected chi connectivity index (χ2v) is 8.46. The Kier molecular flexibility index (Phi) is 9.64. The topological polar surface area (TPSA) is 67.8 Å². The first-order valence-electron chi connectivity index (χ1n) is 9.72. The lowest BCUT2D eigenvalue weighted by atomic mass is 10.1. The summed E-state index contributed by atoms with van der Waals surface area (Å²) in [5.74, 6) is 2.19. The van der Waals surface area contributed by atoms with Crippen LogP contribution in [0.1, 0.15) is 33.1 Å². The molecule has 1 unspecified atom stereocenters. The Morgan fingerprint density at radius 2 is 2.07 bits per heavy atom. The molecule has 3 rings (SSSR count). The van der Waals surface area contributed by atoms with E-state index < -0.39 is 0 Å². The van der Waals surface area contributed by atoms with Crippen molar-refractivity contribution in [3.05, 3.63) is 44.9 Å². The molecule has 0 saturated carbocycles. The zero-order valence-corrected chi connectivity index (χ0v) is 20.7. The molecular weight excluding hydrogens is 499 g/mol. The summed E-state index contributed by atoms with van der Waals surface area (Å²) in [6.45, 7) is 9.87. The van der Waals surface area contributed by atoms with E-state index in [1.165, 1.54) is 10.4 Å². The molecule has 8 heteroatoms. The number of rotatable bonds is 7. The number of guanidine groups is 1. The van der Waals surface area contributed by atoms with Crippen LogP contribution in [0.25, 0.3) is 0 Å². The molecule has 0 aliphatic carbocycles. The molecule has 2 heterocycles. The van der Waals surface area contributed by atoms with E-state index in [0.29, 0.717) is 19.1 Å². The van der Waals surface area contributed by atoms with Crippen molar-refractivity contribution in [3.63, 3.8) is 0 Å². The molecule has 1 aromatic heterocycles. The van der Waals surface area contributed by atoms with E-state index in [-0.39, 0.29) is 24.0 Å². The molecule has 29 heavy (non-hydrogen) atoms. The lowest BCUT2D eigenvalue weighted by Crippen LogP contribution is -2.36. The third-order valence-corrected chi connectivity index (χ3v) is 5.88. The fraction of sp³-hybridized carbons (Fsp3) is 0.524. The largest absolute Gasteiger partial charge is 0.493 e. The van der Waals surface area contributed by atoms with Gasteiger partial charge in [0.25, 0.3) is 0 Å². The number of aliphatic imine (C=N–C) groups is 1. The Labute approximate surface area is 194 Å². The smallest absolute Gasteiger partial charge is 0.191 e. The van der Waals surface area contributed by atoms with Gasteiger partial charge in [0.15, 0.2) is 5.96 Å². The van der Waals surface area contributed by atoms with Crippen molar-refractivity contribution < 1.29 is 9.47 Å². The van der Waals surface area contributed by atoms with E-state index in [4.69, 9.17) is 9.47 Å². The molecule has 2 N–H and O–H groups in total. The molecule has 0 spiro atoms. The molecule has 1 saturated heterocycles. The summed E-state index contributed by atoms with van der Waals surface area (Å²) in [4.78, 5) is 10.0. The van der Waals surface area contributed by atoms with Gasteiger partial charge in [-0.1, -0.05) is 12.1 Å². The van der Waals surface area contributed by atoms with Gasteiger partial charge < -0.3 is 20.1 Å². The SMILES string of the molecule is CN=C(NCc1ccc(C)cc1OCC1CCOC1)NCc1sc(C)nc1C.I. The first kappa shape index (κ1) is 23.9. The Morgan fingerprint density at radius 3 is 2.72 bits per heavy atom. The number of aromatic nitrogens is 1. The van der Waals surface area contributed by atoms with Gasteiger partial charge in [0.1, 0.15) is 5.75 Å². The third kappa shape index (κ3) is 7.11. The highest BCUT2D eigenvalue weighted by molar-refractivity contribution is 14.0. The van der Waals surface area contributed by atoms with Gasteiger partial charge in [-0.15, -0.1) is 35.3 Å². The van der Waals surface area contributed by atoms with Gasteiger partial charge in [-0.3, -0.25) is 4.99 Å². The predicted molar refractivity (Wildman–Crippen MR) is 130 cm³/mol. The monoisotopic (exact) mass is 530 g/mol. The molecule has 1 fully saturated rings. The molecular formula is C21H31IN4O2S. The number of thiazole rings is 1. The van der Waals surface area contributed by atoms with Gasteiger partial charge in [0.05, 0.1) is 30.5 Å². The number of nitrogens with zero attached hydrogens (tertiary/aromatic N) is 2. The molecule has 1 aliphatic rings. The molecule has 1 aromatic carbocycles. The fourth-order valence-corrected chi connectivity index (χ4v) is 4.04. The second-order valence-electron chi connectivity index (χ2n) is 7.17. The van der Waals surface area contributed by atoms with E-state index >= 15 is 0 Å². The van der Waals surface area contributed by atoms with E-state index in [2.05, 4.69) is 45.7 Å². The van der Waals surface area contributed by atoms with Crippen LogP contribution in [-0.2, 0) is 17.8 Å². The third-order valence-electron chi connectivity index (χ3n) is 4.81. The summed E-state index contributed by atoms with van der Waals surface area (Å²) >= 11 is 1.72. The summed E-state index contributed by atoms with van der Waals surface area (Å²) in [7, 11) is 1.78. The van der Waals surface area contributed by atoms with Gasteiger partial charge in [0.2, 0.25) is 0 Å². The molecule has 0 bridgehead atoms. The van der Waals surface area contributed by atoms with Gasteiger partial charge >= 0.3 is 0 Å². The Bertz CT molecular complexity index is 819. The van der Waals surface area contributed by atoms with Gasteiger partial charge in [0, 0.05) is 36.6 Å². The number of hydrogen-bond donors (Lipinski definition) is 2. The van der Waals surface area contributed by atoms with E-state index in [9.17, 15) is 0 Å². The second kappa shape index (κ2) is 11.7. The zero-order valence-electron chi connectivity index (χ0n) is 17.6. The zero-order chi connectivity index (χ0) is 19.9. The van der Waals surface area contributed by atoms with E-state index in [0.717, 1.165) is 54.2 Å². The van der Waals surface area contributed by atoms with Crippen molar-refractivity contribution in [1.29, 1.82) is 0 Å². The number of aryl methyl sites for hydroxylation is 3. The normalized spacial score (nSPS) is 16.4. The predicted octanol–water partition coefficient (Wildman–Crippen LogP) is 3.97. The molecule has 0 amide bonds. The lowest BCUT2D eigenvalue weighted by Gasteiger charge is -2.17. The van der Waals surface area contributed by atoms with Crippen molar-refractivity contribution in [2.24, 2.45) is 10.9 Å². The first-order chi connectivity index (χ1) is 13.5. The van der Waals surface area contributed by atoms with Crippen LogP contribution in [0.15, 0.2) is 23.2 Å². The summed E-state index contributed by atoms with van der Waals surface area (Å²) in [5, 5.41) is 7.85. The molecule has 1 aliphatic heterocycles. The Morgan fingerprint density at radius 1 is 1.28 bits per heavy atom. The highest BCUT2D eigenvalue weighted by atomic mass is 127. The molecule has 0 radical (unpaired) electrons. The van der Waals surface area contributed by atoms with Crippen LogP contribution >= 0.6 is 35.3 Å². The minimum absolute atomic E-state index is 0.